The molecule has 0 aromatic heterocycles. The van der Waals surface area contributed by atoms with Crippen LogP contribution < -0.4 is 15.4 Å². The largest absolute Gasteiger partial charge is 0.496 e. The van der Waals surface area contributed by atoms with Crippen molar-refractivity contribution in [1.29, 1.82) is 0 Å². The van der Waals surface area contributed by atoms with Crippen molar-refractivity contribution in [3.05, 3.63) is 65.7 Å². The Balaban J connectivity index is 1.57. The molecule has 1 heterocycles. The van der Waals surface area contributed by atoms with E-state index in [-0.39, 0.29) is 12.1 Å². The number of para-hydroxylation sites is 1. The number of amides is 2. The zero-order valence-corrected chi connectivity index (χ0v) is 15.7. The number of ether oxygens (including phenoxy) is 2. The summed E-state index contributed by atoms with van der Waals surface area (Å²) in [6.07, 6.45) is 0. The molecule has 2 N–H and O–H groups in total. The lowest BCUT2D eigenvalue weighted by molar-refractivity contribution is 0.0167. The molecule has 3 rings (SSSR count). The van der Waals surface area contributed by atoms with Gasteiger partial charge in [0.2, 0.25) is 0 Å². The standard InChI is InChI=1S/C21H27N3O3/c1-26-20-10-6-5-9-18(20)15-22-21(25)23-16-19(17-7-3-2-4-8-17)24-11-13-27-14-12-24/h2-10,19H,11-16H2,1H3,(H2,22,23,25)/t19-/m1/s1. The van der Waals surface area contributed by atoms with Crippen molar-refractivity contribution < 1.29 is 14.3 Å². The Hall–Kier alpha value is -2.57. The Labute approximate surface area is 160 Å². The smallest absolute Gasteiger partial charge is 0.315 e. The molecule has 2 amide bonds. The lowest BCUT2D eigenvalue weighted by atomic mass is 10.0. The number of urea groups is 1. The summed E-state index contributed by atoms with van der Waals surface area (Å²) in [7, 11) is 1.63. The fourth-order valence-corrected chi connectivity index (χ4v) is 3.30. The van der Waals surface area contributed by atoms with Gasteiger partial charge in [-0.2, -0.15) is 0 Å². The molecule has 0 saturated carbocycles. The summed E-state index contributed by atoms with van der Waals surface area (Å²) < 4.78 is 10.8. The van der Waals surface area contributed by atoms with Crippen LogP contribution in [-0.4, -0.2) is 50.9 Å². The van der Waals surface area contributed by atoms with Crippen molar-refractivity contribution in [2.45, 2.75) is 12.6 Å². The van der Waals surface area contributed by atoms with Crippen LogP contribution in [0.15, 0.2) is 54.6 Å². The highest BCUT2D eigenvalue weighted by atomic mass is 16.5. The fourth-order valence-electron chi connectivity index (χ4n) is 3.30. The van der Waals surface area contributed by atoms with E-state index in [1.54, 1.807) is 7.11 Å². The molecule has 0 bridgehead atoms. The lowest BCUT2D eigenvalue weighted by Crippen LogP contribution is -2.45. The number of carbonyl (C=O) groups excluding carboxylic acids is 1. The predicted molar refractivity (Wildman–Crippen MR) is 105 cm³/mol. The van der Waals surface area contributed by atoms with Crippen LogP contribution in [0.2, 0.25) is 0 Å². The van der Waals surface area contributed by atoms with Crippen LogP contribution in [0.25, 0.3) is 0 Å². The second-order valence-electron chi connectivity index (χ2n) is 6.45. The summed E-state index contributed by atoms with van der Waals surface area (Å²) in [6, 6.07) is 17.9. The van der Waals surface area contributed by atoms with Crippen LogP contribution in [0, 0.1) is 0 Å². The number of carbonyl (C=O) groups is 1. The minimum absolute atomic E-state index is 0.132. The Morgan fingerprint density at radius 2 is 1.78 bits per heavy atom. The van der Waals surface area contributed by atoms with Gasteiger partial charge in [0.05, 0.1) is 26.4 Å². The van der Waals surface area contributed by atoms with E-state index in [1.165, 1.54) is 5.56 Å². The van der Waals surface area contributed by atoms with Gasteiger partial charge in [-0.3, -0.25) is 4.90 Å². The predicted octanol–water partition coefficient (Wildman–Crippen LogP) is 2.57. The zero-order chi connectivity index (χ0) is 18.9. The van der Waals surface area contributed by atoms with Crippen LogP contribution in [0.1, 0.15) is 17.2 Å². The first kappa shape index (κ1) is 19.2. The van der Waals surface area contributed by atoms with E-state index in [9.17, 15) is 4.79 Å². The van der Waals surface area contributed by atoms with Gasteiger partial charge in [-0.1, -0.05) is 48.5 Å². The van der Waals surface area contributed by atoms with Crippen molar-refractivity contribution in [1.82, 2.24) is 15.5 Å². The molecule has 27 heavy (non-hydrogen) atoms. The maximum absolute atomic E-state index is 12.3. The molecular weight excluding hydrogens is 342 g/mol. The van der Waals surface area contributed by atoms with Gasteiger partial charge in [0, 0.05) is 31.7 Å². The number of hydrogen-bond acceptors (Lipinski definition) is 4. The first-order valence-corrected chi connectivity index (χ1v) is 9.28. The first-order chi connectivity index (χ1) is 13.3. The molecule has 2 aromatic carbocycles. The summed E-state index contributed by atoms with van der Waals surface area (Å²) in [6.45, 7) is 4.14. The van der Waals surface area contributed by atoms with E-state index in [1.807, 2.05) is 42.5 Å². The normalized spacial score (nSPS) is 15.7. The van der Waals surface area contributed by atoms with Crippen molar-refractivity contribution in [3.63, 3.8) is 0 Å². The van der Waals surface area contributed by atoms with E-state index < -0.39 is 0 Å². The summed E-state index contributed by atoms with van der Waals surface area (Å²) >= 11 is 0. The van der Waals surface area contributed by atoms with Gasteiger partial charge in [-0.15, -0.1) is 0 Å². The molecule has 1 aliphatic heterocycles. The second-order valence-corrected chi connectivity index (χ2v) is 6.45. The van der Waals surface area contributed by atoms with Gasteiger partial charge in [0.25, 0.3) is 0 Å². The molecule has 1 saturated heterocycles. The average molecular weight is 369 g/mol. The zero-order valence-electron chi connectivity index (χ0n) is 15.7. The van der Waals surface area contributed by atoms with E-state index in [0.29, 0.717) is 13.1 Å². The van der Waals surface area contributed by atoms with Crippen molar-refractivity contribution in [2.75, 3.05) is 40.0 Å². The third-order valence-corrected chi connectivity index (χ3v) is 4.76. The van der Waals surface area contributed by atoms with Gasteiger partial charge in [0.15, 0.2) is 0 Å². The minimum atomic E-state index is -0.185. The molecule has 2 aromatic rings. The monoisotopic (exact) mass is 369 g/mol. The van der Waals surface area contributed by atoms with Gasteiger partial charge < -0.3 is 20.1 Å². The third kappa shape index (κ3) is 5.45. The SMILES string of the molecule is COc1ccccc1CNC(=O)NC[C@H](c1ccccc1)N1CCOCC1. The van der Waals surface area contributed by atoms with Gasteiger partial charge in [0.1, 0.15) is 5.75 Å². The van der Waals surface area contributed by atoms with E-state index in [0.717, 1.165) is 37.6 Å². The quantitative estimate of drug-likeness (QED) is 0.787. The lowest BCUT2D eigenvalue weighted by Gasteiger charge is -2.34. The summed E-state index contributed by atoms with van der Waals surface area (Å²) in [5, 5.41) is 5.92. The summed E-state index contributed by atoms with van der Waals surface area (Å²) in [5.41, 5.74) is 2.15. The molecule has 6 nitrogen and oxygen atoms in total. The van der Waals surface area contributed by atoms with Crippen LogP contribution in [-0.2, 0) is 11.3 Å². The molecule has 0 aliphatic carbocycles. The Kier molecular flexibility index (Phi) is 7.07. The highest BCUT2D eigenvalue weighted by molar-refractivity contribution is 5.74. The van der Waals surface area contributed by atoms with Crippen LogP contribution in [0.3, 0.4) is 0 Å². The highest BCUT2D eigenvalue weighted by Crippen LogP contribution is 2.21. The number of morpholine rings is 1. The number of benzene rings is 2. The Bertz CT molecular complexity index is 718. The molecule has 1 atom stereocenters. The highest BCUT2D eigenvalue weighted by Gasteiger charge is 2.23. The van der Waals surface area contributed by atoms with Gasteiger partial charge in [-0.25, -0.2) is 4.79 Å². The van der Waals surface area contributed by atoms with Crippen molar-refractivity contribution >= 4 is 6.03 Å². The third-order valence-electron chi connectivity index (χ3n) is 4.76. The maximum atomic E-state index is 12.3. The molecular formula is C21H27N3O3. The average Bonchev–Trinajstić information content (AvgIpc) is 2.74. The number of methoxy groups -OCH3 is 1. The minimum Gasteiger partial charge on any atom is -0.496 e. The van der Waals surface area contributed by atoms with Crippen LogP contribution in [0.4, 0.5) is 4.79 Å². The van der Waals surface area contributed by atoms with Gasteiger partial charge >= 0.3 is 6.03 Å². The molecule has 1 fully saturated rings. The maximum Gasteiger partial charge on any atom is 0.315 e. The number of hydrogen-bond donors (Lipinski definition) is 2. The van der Waals surface area contributed by atoms with E-state index in [2.05, 4.69) is 27.7 Å². The summed E-state index contributed by atoms with van der Waals surface area (Å²) in [4.78, 5) is 14.7. The molecule has 6 heteroatoms. The first-order valence-electron chi connectivity index (χ1n) is 9.28. The van der Waals surface area contributed by atoms with E-state index >= 15 is 0 Å². The van der Waals surface area contributed by atoms with Gasteiger partial charge in [-0.05, 0) is 11.6 Å². The molecule has 144 valence electrons. The van der Waals surface area contributed by atoms with Crippen molar-refractivity contribution in [3.8, 4) is 5.75 Å². The Morgan fingerprint density at radius 3 is 2.52 bits per heavy atom. The fraction of sp³-hybridized carbons (Fsp3) is 0.381. The van der Waals surface area contributed by atoms with Crippen molar-refractivity contribution in [2.24, 2.45) is 0 Å². The number of nitrogens with zero attached hydrogens (tertiary/aromatic N) is 1. The van der Waals surface area contributed by atoms with E-state index in [4.69, 9.17) is 9.47 Å². The van der Waals surface area contributed by atoms with Crippen LogP contribution >= 0.6 is 0 Å². The Morgan fingerprint density at radius 1 is 1.07 bits per heavy atom. The number of rotatable bonds is 7. The molecule has 0 radical (unpaired) electrons. The molecule has 1 aliphatic rings. The van der Waals surface area contributed by atoms with Crippen LogP contribution in [0.5, 0.6) is 5.75 Å². The number of nitrogens with one attached hydrogen (secondary N) is 2. The molecule has 0 spiro atoms. The summed E-state index contributed by atoms with van der Waals surface area (Å²) in [5.74, 6) is 0.772. The second kappa shape index (κ2) is 9.94. The molecule has 0 unspecified atom stereocenters. The topological polar surface area (TPSA) is 62.8 Å².